The highest BCUT2D eigenvalue weighted by molar-refractivity contribution is 5.54. The Kier molecular flexibility index (Phi) is 2.34. The van der Waals surface area contributed by atoms with Gasteiger partial charge in [0.2, 0.25) is 0 Å². The summed E-state index contributed by atoms with van der Waals surface area (Å²) < 4.78 is 5.17. The molecule has 1 fully saturated rings. The van der Waals surface area contributed by atoms with Crippen LogP contribution in [0.3, 0.4) is 0 Å². The third-order valence-corrected chi connectivity index (χ3v) is 2.26. The molecule has 2 nitrogen and oxygen atoms in total. The van der Waals surface area contributed by atoms with Gasteiger partial charge in [0.25, 0.3) is 0 Å². The highest BCUT2D eigenvalue weighted by Crippen LogP contribution is 2.29. The van der Waals surface area contributed by atoms with E-state index in [1.807, 2.05) is 37.3 Å². The molecule has 1 heterocycles. The lowest BCUT2D eigenvalue weighted by atomic mass is 10.1. The van der Waals surface area contributed by atoms with Gasteiger partial charge in [0.05, 0.1) is 6.07 Å². The third kappa shape index (κ3) is 1.84. The van der Waals surface area contributed by atoms with E-state index < -0.39 is 0 Å². The molecule has 14 heavy (non-hydrogen) atoms. The van der Waals surface area contributed by atoms with E-state index in [0.29, 0.717) is 0 Å². The lowest BCUT2D eigenvalue weighted by Crippen LogP contribution is -1.92. The minimum absolute atomic E-state index is 0.0141. The summed E-state index contributed by atoms with van der Waals surface area (Å²) in [6.07, 6.45) is 1.84. The molecule has 70 valence electrons. The van der Waals surface area contributed by atoms with E-state index in [9.17, 15) is 0 Å². The quantitative estimate of drug-likeness (QED) is 0.663. The Balaban J connectivity index is 2.10. The third-order valence-electron chi connectivity index (χ3n) is 2.26. The van der Waals surface area contributed by atoms with Crippen LogP contribution in [0.2, 0.25) is 0 Å². The molecule has 1 saturated heterocycles. The standard InChI is InChI=1S/C12H11NO/c1-9(12-11(8-13)14-12)7-10-5-3-2-4-6-10/h2-7,11-12H,1H3/b9-7+. The second-order valence-corrected chi connectivity index (χ2v) is 3.41. The van der Waals surface area contributed by atoms with Crippen LogP contribution >= 0.6 is 0 Å². The SMILES string of the molecule is C/C(=C\c1ccccc1)C1OC1C#N. The van der Waals surface area contributed by atoms with Gasteiger partial charge in [0.15, 0.2) is 6.10 Å². The molecule has 0 N–H and O–H groups in total. The van der Waals surface area contributed by atoms with Crippen molar-refractivity contribution in [2.45, 2.75) is 19.1 Å². The molecule has 0 aliphatic carbocycles. The molecule has 1 aliphatic rings. The number of nitriles is 1. The molecule has 0 saturated carbocycles. The summed E-state index contributed by atoms with van der Waals surface area (Å²) in [5, 5.41) is 8.59. The summed E-state index contributed by atoms with van der Waals surface area (Å²) in [6, 6.07) is 12.1. The first-order valence-corrected chi connectivity index (χ1v) is 4.59. The zero-order chi connectivity index (χ0) is 9.97. The van der Waals surface area contributed by atoms with Crippen LogP contribution in [0.4, 0.5) is 0 Å². The Bertz CT molecular complexity index is 389. The van der Waals surface area contributed by atoms with Gasteiger partial charge < -0.3 is 4.74 Å². The van der Waals surface area contributed by atoms with Crippen LogP contribution in [0.5, 0.6) is 0 Å². The number of epoxide rings is 1. The molecule has 0 radical (unpaired) electrons. The fourth-order valence-electron chi connectivity index (χ4n) is 1.45. The topological polar surface area (TPSA) is 36.3 Å². The number of ether oxygens (including phenoxy) is 1. The van der Waals surface area contributed by atoms with E-state index in [4.69, 9.17) is 10.00 Å². The Labute approximate surface area is 83.4 Å². The van der Waals surface area contributed by atoms with Gasteiger partial charge in [-0.25, -0.2) is 0 Å². The van der Waals surface area contributed by atoms with Crippen molar-refractivity contribution >= 4 is 6.08 Å². The van der Waals surface area contributed by atoms with E-state index in [1.54, 1.807) is 0 Å². The van der Waals surface area contributed by atoms with Gasteiger partial charge in [-0.15, -0.1) is 0 Å². The van der Waals surface area contributed by atoms with Gasteiger partial charge >= 0.3 is 0 Å². The maximum atomic E-state index is 8.59. The van der Waals surface area contributed by atoms with Gasteiger partial charge in [0.1, 0.15) is 6.10 Å². The van der Waals surface area contributed by atoms with Crippen LogP contribution in [0.1, 0.15) is 12.5 Å². The molecule has 0 bridgehead atoms. The Morgan fingerprint density at radius 2 is 2.14 bits per heavy atom. The van der Waals surface area contributed by atoms with Crippen LogP contribution in [0.25, 0.3) is 6.08 Å². The fraction of sp³-hybridized carbons (Fsp3) is 0.250. The number of hydrogen-bond donors (Lipinski definition) is 0. The summed E-state index contributed by atoms with van der Waals surface area (Å²) in [5.74, 6) is 0. The van der Waals surface area contributed by atoms with Crippen molar-refractivity contribution in [1.29, 1.82) is 5.26 Å². The first-order valence-electron chi connectivity index (χ1n) is 4.59. The van der Waals surface area contributed by atoms with Crippen LogP contribution < -0.4 is 0 Å². The van der Waals surface area contributed by atoms with Crippen molar-refractivity contribution < 1.29 is 4.74 Å². The summed E-state index contributed by atoms with van der Waals surface area (Å²) >= 11 is 0. The zero-order valence-electron chi connectivity index (χ0n) is 7.97. The maximum Gasteiger partial charge on any atom is 0.174 e. The highest BCUT2D eigenvalue weighted by atomic mass is 16.6. The van der Waals surface area contributed by atoms with Crippen molar-refractivity contribution in [3.05, 3.63) is 41.5 Å². The number of hydrogen-bond acceptors (Lipinski definition) is 2. The van der Waals surface area contributed by atoms with Crippen LogP contribution in [0.15, 0.2) is 35.9 Å². The van der Waals surface area contributed by atoms with E-state index in [-0.39, 0.29) is 12.2 Å². The highest BCUT2D eigenvalue weighted by Gasteiger charge is 2.40. The van der Waals surface area contributed by atoms with Gasteiger partial charge in [-0.3, -0.25) is 0 Å². The first kappa shape index (κ1) is 8.98. The molecule has 1 aliphatic heterocycles. The number of nitrogens with zero attached hydrogens (tertiary/aromatic N) is 1. The predicted molar refractivity (Wildman–Crippen MR) is 54.4 cm³/mol. The van der Waals surface area contributed by atoms with Crippen molar-refractivity contribution in [3.8, 4) is 6.07 Å². The Hall–Kier alpha value is -1.59. The van der Waals surface area contributed by atoms with Gasteiger partial charge in [0, 0.05) is 0 Å². The number of benzene rings is 1. The van der Waals surface area contributed by atoms with Gasteiger partial charge in [-0.05, 0) is 18.1 Å². The molecular formula is C12H11NO. The normalized spacial score (nSPS) is 25.6. The molecule has 0 amide bonds. The van der Waals surface area contributed by atoms with E-state index >= 15 is 0 Å². The molecule has 2 heteroatoms. The largest absolute Gasteiger partial charge is 0.349 e. The Morgan fingerprint density at radius 1 is 1.43 bits per heavy atom. The monoisotopic (exact) mass is 185 g/mol. The molecule has 0 spiro atoms. The molecule has 1 aromatic carbocycles. The van der Waals surface area contributed by atoms with Crippen molar-refractivity contribution in [2.75, 3.05) is 0 Å². The van der Waals surface area contributed by atoms with Gasteiger partial charge in [-0.2, -0.15) is 5.26 Å². The van der Waals surface area contributed by atoms with Gasteiger partial charge in [-0.1, -0.05) is 36.4 Å². The Morgan fingerprint density at radius 3 is 2.71 bits per heavy atom. The van der Waals surface area contributed by atoms with E-state index in [2.05, 4.69) is 12.1 Å². The average Bonchev–Trinajstić information content (AvgIpc) is 2.98. The lowest BCUT2D eigenvalue weighted by molar-refractivity contribution is 0.410. The molecule has 0 aromatic heterocycles. The van der Waals surface area contributed by atoms with Crippen molar-refractivity contribution in [2.24, 2.45) is 0 Å². The van der Waals surface area contributed by atoms with Crippen molar-refractivity contribution in [3.63, 3.8) is 0 Å². The molecule has 2 rings (SSSR count). The minimum Gasteiger partial charge on any atom is -0.349 e. The molecule has 1 aromatic rings. The smallest absolute Gasteiger partial charge is 0.174 e. The van der Waals surface area contributed by atoms with Crippen LogP contribution in [-0.4, -0.2) is 12.2 Å². The average molecular weight is 185 g/mol. The fourth-order valence-corrected chi connectivity index (χ4v) is 1.45. The van der Waals surface area contributed by atoms with E-state index in [1.165, 1.54) is 0 Å². The lowest BCUT2D eigenvalue weighted by Gasteiger charge is -1.95. The molecule has 2 unspecified atom stereocenters. The minimum atomic E-state index is -0.227. The summed E-state index contributed by atoms with van der Waals surface area (Å²) in [7, 11) is 0. The second kappa shape index (κ2) is 3.65. The summed E-state index contributed by atoms with van der Waals surface area (Å²) in [6.45, 7) is 2.00. The van der Waals surface area contributed by atoms with E-state index in [0.717, 1.165) is 11.1 Å². The van der Waals surface area contributed by atoms with Crippen LogP contribution in [0, 0.1) is 11.3 Å². The summed E-state index contributed by atoms with van der Waals surface area (Å²) in [4.78, 5) is 0. The molecular weight excluding hydrogens is 174 g/mol. The second-order valence-electron chi connectivity index (χ2n) is 3.41. The van der Waals surface area contributed by atoms with Crippen molar-refractivity contribution in [1.82, 2.24) is 0 Å². The summed E-state index contributed by atoms with van der Waals surface area (Å²) in [5.41, 5.74) is 2.26. The molecule has 2 atom stereocenters. The maximum absolute atomic E-state index is 8.59. The zero-order valence-corrected chi connectivity index (χ0v) is 7.97. The number of rotatable bonds is 2. The first-order chi connectivity index (χ1) is 6.81. The van der Waals surface area contributed by atoms with Crippen LogP contribution in [-0.2, 0) is 4.74 Å². The predicted octanol–water partition coefficient (Wildman–Crippen LogP) is 2.38.